The highest BCUT2D eigenvalue weighted by Crippen LogP contribution is 2.34. The van der Waals surface area contributed by atoms with Gasteiger partial charge in [0.25, 0.3) is 0 Å². The lowest BCUT2D eigenvalue weighted by atomic mass is 10.0. The Morgan fingerprint density at radius 2 is 1.75 bits per heavy atom. The van der Waals surface area contributed by atoms with Crippen molar-refractivity contribution in [2.24, 2.45) is 5.73 Å². The van der Waals surface area contributed by atoms with Crippen molar-refractivity contribution in [3.8, 4) is 10.4 Å². The summed E-state index contributed by atoms with van der Waals surface area (Å²) in [6.45, 7) is 6.23. The molecule has 0 bridgehead atoms. The second-order valence-electron chi connectivity index (χ2n) is 4.70. The maximum Gasteiger partial charge on any atom is 0.0446 e. The SMILES string of the molecule is Cc1ccccc1-c1ccc(C(C)(C)N)s1. The Kier molecular flexibility index (Phi) is 2.87. The number of nitrogens with two attached hydrogens (primary N) is 1. The van der Waals surface area contributed by atoms with Crippen molar-refractivity contribution in [3.63, 3.8) is 0 Å². The quantitative estimate of drug-likeness (QED) is 0.833. The van der Waals surface area contributed by atoms with Gasteiger partial charge in [-0.05, 0) is 44.0 Å². The van der Waals surface area contributed by atoms with Gasteiger partial charge in [-0.3, -0.25) is 0 Å². The minimum absolute atomic E-state index is 0.244. The maximum atomic E-state index is 6.10. The van der Waals surface area contributed by atoms with Crippen molar-refractivity contribution in [2.45, 2.75) is 26.3 Å². The van der Waals surface area contributed by atoms with Gasteiger partial charge < -0.3 is 5.73 Å². The normalized spacial score (nSPS) is 11.8. The summed E-state index contributed by atoms with van der Waals surface area (Å²) in [4.78, 5) is 2.53. The van der Waals surface area contributed by atoms with Crippen LogP contribution in [0.4, 0.5) is 0 Å². The predicted octanol–water partition coefficient (Wildman–Crippen LogP) is 3.92. The zero-order valence-corrected chi connectivity index (χ0v) is 10.8. The van der Waals surface area contributed by atoms with Crippen molar-refractivity contribution >= 4 is 11.3 Å². The highest BCUT2D eigenvalue weighted by atomic mass is 32.1. The van der Waals surface area contributed by atoms with E-state index in [0.717, 1.165) is 0 Å². The summed E-state index contributed by atoms with van der Waals surface area (Å²) in [5.41, 5.74) is 8.47. The van der Waals surface area contributed by atoms with E-state index >= 15 is 0 Å². The zero-order chi connectivity index (χ0) is 11.8. The Morgan fingerprint density at radius 1 is 1.06 bits per heavy atom. The predicted molar refractivity (Wildman–Crippen MR) is 71.7 cm³/mol. The van der Waals surface area contributed by atoms with Gasteiger partial charge in [0.15, 0.2) is 0 Å². The van der Waals surface area contributed by atoms with Crippen molar-refractivity contribution in [1.82, 2.24) is 0 Å². The third kappa shape index (κ3) is 2.18. The number of hydrogen-bond acceptors (Lipinski definition) is 2. The summed E-state index contributed by atoms with van der Waals surface area (Å²) in [7, 11) is 0. The van der Waals surface area contributed by atoms with Gasteiger partial charge in [0.2, 0.25) is 0 Å². The molecule has 0 fully saturated rings. The average molecular weight is 231 g/mol. The van der Waals surface area contributed by atoms with E-state index in [4.69, 9.17) is 5.73 Å². The lowest BCUT2D eigenvalue weighted by Gasteiger charge is -2.15. The number of aryl methyl sites for hydroxylation is 1. The first kappa shape index (κ1) is 11.4. The van der Waals surface area contributed by atoms with Gasteiger partial charge >= 0.3 is 0 Å². The Bertz CT molecular complexity index is 491. The Balaban J connectivity index is 2.44. The standard InChI is InChI=1S/C14H17NS/c1-10-6-4-5-7-11(10)12-8-9-13(16-12)14(2,3)15/h4-9H,15H2,1-3H3. The third-order valence-corrected chi connectivity index (χ3v) is 4.11. The fraction of sp³-hybridized carbons (Fsp3) is 0.286. The molecule has 2 heteroatoms. The van der Waals surface area contributed by atoms with Crippen molar-refractivity contribution in [1.29, 1.82) is 0 Å². The van der Waals surface area contributed by atoms with Crippen LogP contribution in [-0.4, -0.2) is 0 Å². The summed E-state index contributed by atoms with van der Waals surface area (Å²) < 4.78 is 0. The van der Waals surface area contributed by atoms with Crippen LogP contribution in [0.25, 0.3) is 10.4 Å². The molecule has 1 aromatic carbocycles. The Hall–Kier alpha value is -1.12. The minimum Gasteiger partial charge on any atom is -0.321 e. The van der Waals surface area contributed by atoms with Crippen LogP contribution in [-0.2, 0) is 5.54 Å². The van der Waals surface area contributed by atoms with Gasteiger partial charge in [-0.2, -0.15) is 0 Å². The zero-order valence-electron chi connectivity index (χ0n) is 9.95. The molecule has 0 unspecified atom stereocenters. The fourth-order valence-electron chi connectivity index (χ4n) is 1.68. The van der Waals surface area contributed by atoms with Gasteiger partial charge in [0.1, 0.15) is 0 Å². The number of rotatable bonds is 2. The summed E-state index contributed by atoms with van der Waals surface area (Å²) in [6.07, 6.45) is 0. The van der Waals surface area contributed by atoms with E-state index < -0.39 is 0 Å². The lowest BCUT2D eigenvalue weighted by Crippen LogP contribution is -2.27. The third-order valence-electron chi connectivity index (χ3n) is 2.65. The first-order chi connectivity index (χ1) is 7.48. The van der Waals surface area contributed by atoms with Gasteiger partial charge in [0, 0.05) is 15.3 Å². The van der Waals surface area contributed by atoms with Crippen molar-refractivity contribution in [2.75, 3.05) is 0 Å². The Morgan fingerprint density at radius 3 is 2.31 bits per heavy atom. The summed E-state index contributed by atoms with van der Waals surface area (Å²) >= 11 is 1.78. The molecular weight excluding hydrogens is 214 g/mol. The summed E-state index contributed by atoms with van der Waals surface area (Å²) in [6, 6.07) is 12.7. The number of thiophene rings is 1. The molecule has 0 amide bonds. The van der Waals surface area contributed by atoms with Gasteiger partial charge in [-0.25, -0.2) is 0 Å². The number of benzene rings is 1. The maximum absolute atomic E-state index is 6.10. The molecule has 2 N–H and O–H groups in total. The molecule has 2 rings (SSSR count). The van der Waals surface area contributed by atoms with E-state index in [2.05, 4.69) is 43.3 Å². The van der Waals surface area contributed by atoms with Crippen LogP contribution in [0.3, 0.4) is 0 Å². The molecule has 0 radical (unpaired) electrons. The van der Waals surface area contributed by atoms with Gasteiger partial charge in [0.05, 0.1) is 0 Å². The molecule has 1 nitrogen and oxygen atoms in total. The van der Waals surface area contributed by atoms with E-state index in [1.807, 2.05) is 13.8 Å². The molecule has 0 aliphatic rings. The molecule has 2 aromatic rings. The van der Waals surface area contributed by atoms with Crippen LogP contribution in [0.2, 0.25) is 0 Å². The van der Waals surface area contributed by atoms with E-state index in [1.165, 1.54) is 20.9 Å². The Labute approximate surface area is 101 Å². The van der Waals surface area contributed by atoms with Crippen LogP contribution >= 0.6 is 11.3 Å². The van der Waals surface area contributed by atoms with Crippen LogP contribution in [0.5, 0.6) is 0 Å². The number of hydrogen-bond donors (Lipinski definition) is 1. The first-order valence-electron chi connectivity index (χ1n) is 5.43. The van der Waals surface area contributed by atoms with Gasteiger partial charge in [-0.15, -0.1) is 11.3 Å². The highest BCUT2D eigenvalue weighted by molar-refractivity contribution is 7.15. The molecular formula is C14H17NS. The highest BCUT2D eigenvalue weighted by Gasteiger charge is 2.17. The molecule has 1 heterocycles. The van der Waals surface area contributed by atoms with E-state index in [-0.39, 0.29) is 5.54 Å². The average Bonchev–Trinajstić information content (AvgIpc) is 2.66. The van der Waals surface area contributed by atoms with E-state index in [1.54, 1.807) is 11.3 Å². The molecule has 0 saturated heterocycles. The lowest BCUT2D eigenvalue weighted by molar-refractivity contribution is 0.567. The summed E-state index contributed by atoms with van der Waals surface area (Å²) in [5, 5.41) is 0. The first-order valence-corrected chi connectivity index (χ1v) is 6.25. The molecule has 0 aliphatic heterocycles. The van der Waals surface area contributed by atoms with Crippen LogP contribution < -0.4 is 5.73 Å². The topological polar surface area (TPSA) is 26.0 Å². The van der Waals surface area contributed by atoms with E-state index in [9.17, 15) is 0 Å². The summed E-state index contributed by atoms with van der Waals surface area (Å²) in [5.74, 6) is 0. The molecule has 0 aliphatic carbocycles. The van der Waals surface area contributed by atoms with E-state index in [0.29, 0.717) is 0 Å². The minimum atomic E-state index is -0.244. The van der Waals surface area contributed by atoms with Crippen LogP contribution in [0.1, 0.15) is 24.3 Å². The molecule has 84 valence electrons. The molecule has 1 aromatic heterocycles. The van der Waals surface area contributed by atoms with Gasteiger partial charge in [-0.1, -0.05) is 24.3 Å². The van der Waals surface area contributed by atoms with Crippen LogP contribution in [0, 0.1) is 6.92 Å². The van der Waals surface area contributed by atoms with Crippen molar-refractivity contribution < 1.29 is 0 Å². The molecule has 0 spiro atoms. The second-order valence-corrected chi connectivity index (χ2v) is 5.78. The monoisotopic (exact) mass is 231 g/mol. The fourth-order valence-corrected chi connectivity index (χ4v) is 2.79. The molecule has 0 saturated carbocycles. The smallest absolute Gasteiger partial charge is 0.0446 e. The molecule has 16 heavy (non-hydrogen) atoms. The largest absolute Gasteiger partial charge is 0.321 e. The van der Waals surface area contributed by atoms with Crippen molar-refractivity contribution in [3.05, 3.63) is 46.8 Å². The van der Waals surface area contributed by atoms with Crippen LogP contribution in [0.15, 0.2) is 36.4 Å². The second kappa shape index (κ2) is 4.04. The molecule has 0 atom stereocenters.